The Balaban J connectivity index is 1.33. The first-order chi connectivity index (χ1) is 14.5. The first-order valence-corrected chi connectivity index (χ1v) is 11.4. The number of thiazole rings is 1. The van der Waals surface area contributed by atoms with Gasteiger partial charge in [0, 0.05) is 55.5 Å². The number of halogens is 1. The Hall–Kier alpha value is -2.48. The minimum absolute atomic E-state index is 0.0226. The highest BCUT2D eigenvalue weighted by atomic mass is 32.1. The van der Waals surface area contributed by atoms with Crippen LogP contribution in [-0.2, 0) is 29.0 Å². The lowest BCUT2D eigenvalue weighted by Crippen LogP contribution is -2.48. The number of nitrogens with one attached hydrogen (secondary N) is 1. The number of amides is 2. The van der Waals surface area contributed by atoms with Gasteiger partial charge in [0.2, 0.25) is 11.8 Å². The molecule has 0 radical (unpaired) electrons. The summed E-state index contributed by atoms with van der Waals surface area (Å²) in [6.45, 7) is 5.17. The van der Waals surface area contributed by atoms with Gasteiger partial charge < -0.3 is 15.1 Å². The van der Waals surface area contributed by atoms with Crippen molar-refractivity contribution in [1.29, 1.82) is 0 Å². The summed E-state index contributed by atoms with van der Waals surface area (Å²) in [6, 6.07) is 6.52. The van der Waals surface area contributed by atoms with Gasteiger partial charge in [-0.15, -0.1) is 11.3 Å². The third kappa shape index (κ3) is 4.48. The molecule has 30 heavy (non-hydrogen) atoms. The Morgan fingerprint density at radius 3 is 2.73 bits per heavy atom. The number of nitrogens with zero attached hydrogens (tertiary/aromatic N) is 3. The zero-order valence-electron chi connectivity index (χ0n) is 17.2. The number of aryl methyl sites for hydroxylation is 1. The predicted molar refractivity (Wildman–Crippen MR) is 115 cm³/mol. The molecule has 2 aliphatic rings. The molecule has 4 rings (SSSR count). The maximum atomic E-state index is 13.8. The van der Waals surface area contributed by atoms with Crippen LogP contribution in [-0.4, -0.2) is 47.9 Å². The van der Waals surface area contributed by atoms with Crippen molar-refractivity contribution in [2.75, 3.05) is 31.1 Å². The molecular formula is C22H27FN4O2S. The molecule has 1 saturated heterocycles. The van der Waals surface area contributed by atoms with Crippen LogP contribution in [0.2, 0.25) is 0 Å². The monoisotopic (exact) mass is 430 g/mol. The number of piperazine rings is 1. The lowest BCUT2D eigenvalue weighted by Gasteiger charge is -2.34. The lowest BCUT2D eigenvalue weighted by molar-refractivity contribution is -0.131. The maximum absolute atomic E-state index is 13.8. The highest BCUT2D eigenvalue weighted by Crippen LogP contribution is 2.34. The summed E-state index contributed by atoms with van der Waals surface area (Å²) < 4.78 is 13.8. The Morgan fingerprint density at radius 2 is 2.00 bits per heavy atom. The number of anilines is 1. The van der Waals surface area contributed by atoms with E-state index in [9.17, 15) is 14.0 Å². The molecule has 1 atom stereocenters. The Morgan fingerprint density at radius 1 is 1.23 bits per heavy atom. The van der Waals surface area contributed by atoms with Crippen molar-refractivity contribution >= 4 is 28.3 Å². The zero-order valence-corrected chi connectivity index (χ0v) is 18.0. The molecular weight excluding hydrogens is 403 g/mol. The van der Waals surface area contributed by atoms with Gasteiger partial charge in [0.05, 0.1) is 5.69 Å². The molecule has 1 N–H and O–H groups in total. The van der Waals surface area contributed by atoms with Gasteiger partial charge in [0.15, 0.2) is 5.13 Å². The predicted octanol–water partition coefficient (Wildman–Crippen LogP) is 2.76. The van der Waals surface area contributed by atoms with Crippen LogP contribution in [0.25, 0.3) is 0 Å². The van der Waals surface area contributed by atoms with Gasteiger partial charge in [0.25, 0.3) is 0 Å². The summed E-state index contributed by atoms with van der Waals surface area (Å²) in [4.78, 5) is 34.7. The molecule has 0 bridgehead atoms. The van der Waals surface area contributed by atoms with Crippen molar-refractivity contribution in [2.45, 2.75) is 39.2 Å². The molecule has 0 saturated carbocycles. The van der Waals surface area contributed by atoms with E-state index in [2.05, 4.69) is 10.2 Å². The van der Waals surface area contributed by atoms with Gasteiger partial charge in [-0.1, -0.05) is 25.1 Å². The second kappa shape index (κ2) is 9.12. The number of hydrogen-bond acceptors (Lipinski definition) is 5. The second-order valence-electron chi connectivity index (χ2n) is 7.84. The van der Waals surface area contributed by atoms with Crippen molar-refractivity contribution in [3.8, 4) is 0 Å². The van der Waals surface area contributed by atoms with E-state index in [1.807, 2.05) is 11.8 Å². The van der Waals surface area contributed by atoms with Gasteiger partial charge >= 0.3 is 0 Å². The fraction of sp³-hybridized carbons (Fsp3) is 0.500. The molecule has 6 nitrogen and oxygen atoms in total. The number of benzene rings is 1. The SMILES string of the molecule is CCC(=O)N1CCN(c2nc3c(s2)CC(C(=O)NCc2ccccc2F)CC3)CC1. The van der Waals surface area contributed by atoms with Crippen LogP contribution in [0.15, 0.2) is 24.3 Å². The average molecular weight is 431 g/mol. The second-order valence-corrected chi connectivity index (χ2v) is 8.90. The minimum Gasteiger partial charge on any atom is -0.352 e. The van der Waals surface area contributed by atoms with Crippen molar-refractivity contribution in [2.24, 2.45) is 5.92 Å². The number of hydrogen-bond donors (Lipinski definition) is 1. The Kier molecular flexibility index (Phi) is 6.32. The molecule has 2 aromatic rings. The largest absolute Gasteiger partial charge is 0.352 e. The van der Waals surface area contributed by atoms with E-state index in [1.54, 1.807) is 29.5 Å². The van der Waals surface area contributed by atoms with Gasteiger partial charge in [0.1, 0.15) is 5.82 Å². The van der Waals surface area contributed by atoms with Crippen molar-refractivity contribution in [3.05, 3.63) is 46.2 Å². The number of fused-ring (bicyclic) bond motifs is 1. The third-order valence-electron chi connectivity index (χ3n) is 5.92. The van der Waals surface area contributed by atoms with E-state index in [0.29, 0.717) is 18.4 Å². The highest BCUT2D eigenvalue weighted by molar-refractivity contribution is 7.15. The van der Waals surface area contributed by atoms with E-state index < -0.39 is 0 Å². The van der Waals surface area contributed by atoms with Gasteiger partial charge in [-0.3, -0.25) is 9.59 Å². The van der Waals surface area contributed by atoms with Crippen LogP contribution in [0.1, 0.15) is 35.9 Å². The maximum Gasteiger partial charge on any atom is 0.223 e. The molecule has 0 spiro atoms. The lowest BCUT2D eigenvalue weighted by atomic mass is 9.90. The van der Waals surface area contributed by atoms with Crippen LogP contribution >= 0.6 is 11.3 Å². The average Bonchev–Trinajstić information content (AvgIpc) is 3.21. The Labute approximate surface area is 180 Å². The molecule has 1 fully saturated rings. The molecule has 1 aromatic heterocycles. The molecule has 8 heteroatoms. The van der Waals surface area contributed by atoms with Crippen molar-refractivity contribution < 1.29 is 14.0 Å². The van der Waals surface area contributed by atoms with Gasteiger partial charge in [-0.05, 0) is 25.3 Å². The van der Waals surface area contributed by atoms with Gasteiger partial charge in [-0.2, -0.15) is 0 Å². The van der Waals surface area contributed by atoms with Crippen LogP contribution in [0.4, 0.5) is 9.52 Å². The molecule has 1 aliphatic heterocycles. The van der Waals surface area contributed by atoms with E-state index in [4.69, 9.17) is 4.98 Å². The zero-order chi connectivity index (χ0) is 21.1. The highest BCUT2D eigenvalue weighted by Gasteiger charge is 2.29. The first-order valence-electron chi connectivity index (χ1n) is 10.6. The first kappa shape index (κ1) is 20.8. The van der Waals surface area contributed by atoms with Crippen molar-refractivity contribution in [1.82, 2.24) is 15.2 Å². The summed E-state index contributed by atoms with van der Waals surface area (Å²) in [5.41, 5.74) is 1.60. The topological polar surface area (TPSA) is 65.5 Å². The van der Waals surface area contributed by atoms with Crippen LogP contribution in [0.5, 0.6) is 0 Å². The van der Waals surface area contributed by atoms with E-state index in [0.717, 1.165) is 49.8 Å². The fourth-order valence-electron chi connectivity index (χ4n) is 4.06. The number of carbonyl (C=O) groups is 2. The number of carbonyl (C=O) groups excluding carboxylic acids is 2. The van der Waals surface area contributed by atoms with Crippen LogP contribution in [0.3, 0.4) is 0 Å². The molecule has 160 valence electrons. The molecule has 1 aromatic carbocycles. The van der Waals surface area contributed by atoms with Gasteiger partial charge in [-0.25, -0.2) is 9.37 Å². The molecule has 1 unspecified atom stereocenters. The summed E-state index contributed by atoms with van der Waals surface area (Å²) in [5.74, 6) is -0.212. The smallest absolute Gasteiger partial charge is 0.223 e. The number of rotatable bonds is 5. The van der Waals surface area contributed by atoms with Crippen LogP contribution < -0.4 is 10.2 Å². The summed E-state index contributed by atoms with van der Waals surface area (Å²) >= 11 is 1.67. The van der Waals surface area contributed by atoms with Crippen molar-refractivity contribution in [3.63, 3.8) is 0 Å². The van der Waals surface area contributed by atoms with E-state index >= 15 is 0 Å². The summed E-state index contributed by atoms with van der Waals surface area (Å²) in [5, 5.41) is 3.89. The summed E-state index contributed by atoms with van der Waals surface area (Å²) in [6.07, 6.45) is 2.78. The van der Waals surface area contributed by atoms with E-state index in [-0.39, 0.29) is 30.1 Å². The third-order valence-corrected chi connectivity index (χ3v) is 7.10. The van der Waals surface area contributed by atoms with E-state index in [1.165, 1.54) is 10.9 Å². The number of aromatic nitrogens is 1. The fourth-order valence-corrected chi connectivity index (χ4v) is 5.30. The quantitative estimate of drug-likeness (QED) is 0.792. The minimum atomic E-state index is -0.295. The molecule has 2 amide bonds. The normalized spacial score (nSPS) is 18.8. The van der Waals surface area contributed by atoms with Crippen LogP contribution in [0, 0.1) is 11.7 Å². The molecule has 2 heterocycles. The summed E-state index contributed by atoms with van der Waals surface area (Å²) in [7, 11) is 0. The molecule has 1 aliphatic carbocycles. The Bertz CT molecular complexity index is 924. The standard InChI is InChI=1S/C22H27FN4O2S/c1-2-20(28)26-9-11-27(12-10-26)22-25-18-8-7-15(13-19(18)30-22)21(29)24-14-16-5-3-4-6-17(16)23/h3-6,15H,2,7-14H2,1H3,(H,24,29).